The molecule has 1 amide bonds. The number of unbranched alkanes of at least 4 members (excludes halogenated alkanes) is 30. The van der Waals surface area contributed by atoms with Crippen LogP contribution in [0, 0.1) is 0 Å². The Labute approximate surface area is 360 Å². The van der Waals surface area contributed by atoms with Crippen LogP contribution in [0.25, 0.3) is 0 Å². The van der Waals surface area contributed by atoms with Crippen LogP contribution in [0.5, 0.6) is 0 Å². The highest BCUT2D eigenvalue weighted by atomic mass is 31.2. The molecule has 0 radical (unpaired) electrons. The summed E-state index contributed by atoms with van der Waals surface area (Å²) in [6.07, 6.45) is 49.5. The Balaban J connectivity index is 4.34. The van der Waals surface area contributed by atoms with Gasteiger partial charge < -0.3 is 28.8 Å². The average Bonchev–Trinajstić information content (AvgIpc) is 3.17. The number of carbonyl (C=O) groups is 1. The summed E-state index contributed by atoms with van der Waals surface area (Å²) in [4.78, 5) is 25.4. The molecule has 0 aromatic rings. The molecule has 0 aliphatic rings. The summed E-state index contributed by atoms with van der Waals surface area (Å²) in [6, 6.07) is -0.898. The van der Waals surface area contributed by atoms with Crippen LogP contribution in [0.15, 0.2) is 24.3 Å². The van der Waals surface area contributed by atoms with Crippen molar-refractivity contribution in [2.24, 2.45) is 0 Å². The van der Waals surface area contributed by atoms with E-state index in [0.29, 0.717) is 17.4 Å². The number of amides is 1. The van der Waals surface area contributed by atoms with Gasteiger partial charge in [0.2, 0.25) is 5.91 Å². The number of allylic oxidation sites excluding steroid dienone is 3. The van der Waals surface area contributed by atoms with Crippen molar-refractivity contribution in [2.45, 2.75) is 244 Å². The Hall–Kier alpha value is -1.02. The van der Waals surface area contributed by atoms with E-state index in [0.717, 1.165) is 38.5 Å². The maximum atomic E-state index is 12.9. The molecule has 0 saturated heterocycles. The number of hydrogen-bond acceptors (Lipinski definition) is 6. The number of phosphoric ester groups is 1. The Morgan fingerprint density at radius 2 is 0.966 bits per heavy atom. The number of rotatable bonds is 45. The lowest BCUT2D eigenvalue weighted by molar-refractivity contribution is -0.870. The molecule has 0 aromatic heterocycles. The van der Waals surface area contributed by atoms with Gasteiger partial charge in [-0.05, 0) is 32.1 Å². The quantitative estimate of drug-likeness (QED) is 0.0274. The summed E-state index contributed by atoms with van der Waals surface area (Å²) in [5.74, 6) is -0.204. The van der Waals surface area contributed by atoms with Gasteiger partial charge >= 0.3 is 0 Å². The van der Waals surface area contributed by atoms with E-state index in [1.807, 2.05) is 27.2 Å². The zero-order valence-electron chi connectivity index (χ0n) is 39.0. The van der Waals surface area contributed by atoms with Gasteiger partial charge in [-0.25, -0.2) is 0 Å². The van der Waals surface area contributed by atoms with Gasteiger partial charge in [-0.3, -0.25) is 9.36 Å². The molecular weight excluding hydrogens is 744 g/mol. The van der Waals surface area contributed by atoms with Gasteiger partial charge in [0.25, 0.3) is 7.82 Å². The summed E-state index contributed by atoms with van der Waals surface area (Å²) in [7, 11) is 1.25. The van der Waals surface area contributed by atoms with Crippen molar-refractivity contribution >= 4 is 13.7 Å². The minimum atomic E-state index is -4.59. The largest absolute Gasteiger partial charge is 0.756 e. The Morgan fingerprint density at radius 1 is 0.586 bits per heavy atom. The van der Waals surface area contributed by atoms with Crippen molar-refractivity contribution in [1.29, 1.82) is 0 Å². The van der Waals surface area contributed by atoms with Crippen LogP contribution in [0.4, 0.5) is 0 Å². The summed E-state index contributed by atoms with van der Waals surface area (Å²) in [6.45, 7) is 4.65. The van der Waals surface area contributed by atoms with E-state index < -0.39 is 20.0 Å². The highest BCUT2D eigenvalue weighted by Gasteiger charge is 2.23. The standard InChI is InChI=1S/C49H97N2O6P/c1-6-8-10-12-14-16-18-20-22-24-25-26-27-29-31-33-35-37-39-41-43-49(53)50-47(46-57-58(54,55)56-45-44-51(3,4)5)48(52)42-40-38-36-34-32-30-28-23-21-19-17-15-13-11-9-7-2/h32,34,40,42,47-48,52H,6-31,33,35-39,41,43-46H2,1-5H3,(H-,50,53,54,55)/b34-32+,42-40+. The van der Waals surface area contributed by atoms with E-state index in [-0.39, 0.29) is 19.1 Å². The molecule has 0 saturated carbocycles. The predicted molar refractivity (Wildman–Crippen MR) is 247 cm³/mol. The number of aliphatic hydroxyl groups excluding tert-OH is 1. The Bertz CT molecular complexity index is 1000. The van der Waals surface area contributed by atoms with E-state index in [1.54, 1.807) is 6.08 Å². The van der Waals surface area contributed by atoms with E-state index in [9.17, 15) is 19.4 Å². The fourth-order valence-electron chi connectivity index (χ4n) is 7.23. The third-order valence-corrected chi connectivity index (χ3v) is 12.1. The summed E-state index contributed by atoms with van der Waals surface area (Å²) in [5.41, 5.74) is 0. The average molecular weight is 841 g/mol. The second-order valence-corrected chi connectivity index (χ2v) is 19.6. The van der Waals surface area contributed by atoms with Crippen molar-refractivity contribution in [2.75, 3.05) is 40.9 Å². The van der Waals surface area contributed by atoms with Crippen LogP contribution in [0.1, 0.15) is 232 Å². The molecule has 0 spiro atoms. The topological polar surface area (TPSA) is 108 Å². The van der Waals surface area contributed by atoms with Crippen LogP contribution in [0.2, 0.25) is 0 Å². The fraction of sp³-hybridized carbons (Fsp3) is 0.898. The molecule has 0 bridgehead atoms. The lowest BCUT2D eigenvalue weighted by Crippen LogP contribution is -2.45. The summed E-state index contributed by atoms with van der Waals surface area (Å²) < 4.78 is 23.2. The zero-order valence-corrected chi connectivity index (χ0v) is 39.9. The highest BCUT2D eigenvalue weighted by molar-refractivity contribution is 7.45. The monoisotopic (exact) mass is 841 g/mol. The van der Waals surface area contributed by atoms with Gasteiger partial charge in [0, 0.05) is 6.42 Å². The van der Waals surface area contributed by atoms with Crippen molar-refractivity contribution in [3.8, 4) is 0 Å². The second kappa shape index (κ2) is 41.3. The van der Waals surface area contributed by atoms with Crippen LogP contribution in [0.3, 0.4) is 0 Å². The molecule has 0 aliphatic heterocycles. The summed E-state index contributed by atoms with van der Waals surface area (Å²) >= 11 is 0. The molecule has 0 heterocycles. The van der Waals surface area contributed by atoms with Gasteiger partial charge in [0.1, 0.15) is 13.2 Å². The van der Waals surface area contributed by atoms with Crippen molar-refractivity contribution in [3.05, 3.63) is 24.3 Å². The molecule has 0 rings (SSSR count). The van der Waals surface area contributed by atoms with Crippen LogP contribution in [-0.4, -0.2) is 68.5 Å². The molecule has 3 atom stereocenters. The third kappa shape index (κ3) is 43.1. The molecule has 0 fully saturated rings. The number of carbonyl (C=O) groups excluding carboxylic acids is 1. The van der Waals surface area contributed by atoms with E-state index in [2.05, 4.69) is 31.3 Å². The molecule has 8 nitrogen and oxygen atoms in total. The highest BCUT2D eigenvalue weighted by Crippen LogP contribution is 2.38. The van der Waals surface area contributed by atoms with E-state index in [4.69, 9.17) is 9.05 Å². The van der Waals surface area contributed by atoms with Crippen LogP contribution >= 0.6 is 7.82 Å². The van der Waals surface area contributed by atoms with Crippen molar-refractivity contribution in [1.82, 2.24) is 5.32 Å². The number of quaternary nitrogens is 1. The third-order valence-electron chi connectivity index (χ3n) is 11.2. The number of nitrogens with one attached hydrogen (secondary N) is 1. The SMILES string of the molecule is CCCCCCCCCCCC/C=C/CC/C=C/C(O)C(COP(=O)([O-])OCC[N+](C)(C)C)NC(=O)CCCCCCCCCCCCCCCCCCCCCC. The minimum Gasteiger partial charge on any atom is -0.756 e. The normalized spacial score (nSPS) is 14.4. The molecule has 3 unspecified atom stereocenters. The van der Waals surface area contributed by atoms with Gasteiger partial charge in [0.15, 0.2) is 0 Å². The molecule has 2 N–H and O–H groups in total. The van der Waals surface area contributed by atoms with Gasteiger partial charge in [-0.1, -0.05) is 218 Å². The molecule has 9 heteroatoms. The second-order valence-electron chi connectivity index (χ2n) is 18.2. The number of likely N-dealkylation sites (N-methyl/N-ethyl adjacent to an activating group) is 1. The first-order chi connectivity index (χ1) is 28.0. The van der Waals surface area contributed by atoms with E-state index >= 15 is 0 Å². The number of nitrogens with zero attached hydrogens (tertiary/aromatic N) is 1. The lowest BCUT2D eigenvalue weighted by atomic mass is 10.0. The van der Waals surface area contributed by atoms with Gasteiger partial charge in [-0.15, -0.1) is 0 Å². The first-order valence-electron chi connectivity index (χ1n) is 24.7. The Kier molecular flexibility index (Phi) is 40.6. The molecule has 58 heavy (non-hydrogen) atoms. The maximum Gasteiger partial charge on any atom is 0.268 e. The number of aliphatic hydroxyl groups is 1. The first-order valence-corrected chi connectivity index (χ1v) is 26.2. The fourth-order valence-corrected chi connectivity index (χ4v) is 7.95. The summed E-state index contributed by atoms with van der Waals surface area (Å²) in [5, 5.41) is 13.8. The predicted octanol–water partition coefficient (Wildman–Crippen LogP) is 13.5. The van der Waals surface area contributed by atoms with Gasteiger partial charge in [-0.2, -0.15) is 0 Å². The lowest BCUT2D eigenvalue weighted by Gasteiger charge is -2.29. The van der Waals surface area contributed by atoms with Crippen molar-refractivity contribution in [3.63, 3.8) is 0 Å². The van der Waals surface area contributed by atoms with Crippen molar-refractivity contribution < 1.29 is 32.9 Å². The molecule has 344 valence electrons. The zero-order chi connectivity index (χ0) is 42.8. The molecule has 0 aliphatic carbocycles. The van der Waals surface area contributed by atoms with Gasteiger partial charge in [0.05, 0.1) is 39.9 Å². The number of phosphoric acid groups is 1. The smallest absolute Gasteiger partial charge is 0.268 e. The minimum absolute atomic E-state index is 0.00406. The first kappa shape index (κ1) is 57.0. The van der Waals surface area contributed by atoms with E-state index in [1.165, 1.54) is 173 Å². The number of hydrogen-bond donors (Lipinski definition) is 2. The Morgan fingerprint density at radius 3 is 1.40 bits per heavy atom. The molecule has 0 aromatic carbocycles. The van der Waals surface area contributed by atoms with Crippen LogP contribution < -0.4 is 10.2 Å². The van der Waals surface area contributed by atoms with Crippen LogP contribution in [-0.2, 0) is 18.4 Å². The maximum absolute atomic E-state index is 12.9. The molecular formula is C49H97N2O6P.